The molecule has 1 N–H and O–H groups in total. The Kier molecular flexibility index (Phi) is 3.48. The zero-order valence-electron chi connectivity index (χ0n) is 7.70. The molecule has 0 aliphatic carbocycles. The molecule has 13 heavy (non-hydrogen) atoms. The average Bonchev–Trinajstić information content (AvgIpc) is 2.20. The lowest BCUT2D eigenvalue weighted by molar-refractivity contribution is 0.281. The molecular formula is C11H13NO. The monoisotopic (exact) mass is 175 g/mol. The van der Waals surface area contributed by atoms with Gasteiger partial charge in [-0.1, -0.05) is 31.2 Å². The molecule has 1 aromatic carbocycles. The fraction of sp³-hybridized carbons (Fsp3) is 0.364. The minimum Gasteiger partial charge on any atom is -0.392 e. The lowest BCUT2D eigenvalue weighted by Gasteiger charge is -2.06. The van der Waals surface area contributed by atoms with E-state index in [9.17, 15) is 0 Å². The Bertz CT molecular complexity index is 314. The molecular weight excluding hydrogens is 162 g/mol. The van der Waals surface area contributed by atoms with Crippen LogP contribution in [0.25, 0.3) is 0 Å². The molecule has 0 bridgehead atoms. The Morgan fingerprint density at radius 3 is 2.85 bits per heavy atom. The molecule has 0 saturated carbocycles. The summed E-state index contributed by atoms with van der Waals surface area (Å²) in [6.07, 6.45) is 0.811. The maximum absolute atomic E-state index is 8.91. The number of hydrogen-bond acceptors (Lipinski definition) is 2. The van der Waals surface area contributed by atoms with Gasteiger partial charge in [-0.25, -0.2) is 0 Å². The van der Waals surface area contributed by atoms with Crippen molar-refractivity contribution in [3.05, 3.63) is 35.4 Å². The van der Waals surface area contributed by atoms with E-state index in [1.807, 2.05) is 31.2 Å². The first kappa shape index (κ1) is 9.76. The van der Waals surface area contributed by atoms with Crippen molar-refractivity contribution in [2.75, 3.05) is 0 Å². The third kappa shape index (κ3) is 2.30. The van der Waals surface area contributed by atoms with Crippen LogP contribution >= 0.6 is 0 Å². The molecule has 0 spiro atoms. The zero-order valence-corrected chi connectivity index (χ0v) is 7.70. The second kappa shape index (κ2) is 4.64. The average molecular weight is 175 g/mol. The van der Waals surface area contributed by atoms with Gasteiger partial charge in [0.05, 0.1) is 18.6 Å². The molecule has 68 valence electrons. The van der Waals surface area contributed by atoms with Crippen LogP contribution in [0.1, 0.15) is 30.4 Å². The topological polar surface area (TPSA) is 44.0 Å². The second-order valence-electron chi connectivity index (χ2n) is 2.99. The Morgan fingerprint density at radius 2 is 2.31 bits per heavy atom. The molecule has 0 heterocycles. The summed E-state index contributed by atoms with van der Waals surface area (Å²) >= 11 is 0. The number of aliphatic hydroxyl groups excluding tert-OH is 1. The van der Waals surface area contributed by atoms with Crippen molar-refractivity contribution in [3.63, 3.8) is 0 Å². The summed E-state index contributed by atoms with van der Waals surface area (Å²) in [4.78, 5) is 0. The SMILES string of the molecule is CCC(C#N)c1cccc(CO)c1. The van der Waals surface area contributed by atoms with Gasteiger partial charge >= 0.3 is 0 Å². The van der Waals surface area contributed by atoms with Gasteiger partial charge in [0.1, 0.15) is 0 Å². The summed E-state index contributed by atoms with van der Waals surface area (Å²) in [5.74, 6) is -0.0495. The predicted octanol–water partition coefficient (Wildman–Crippen LogP) is 2.20. The minimum atomic E-state index is -0.0495. The molecule has 2 nitrogen and oxygen atoms in total. The summed E-state index contributed by atoms with van der Waals surface area (Å²) < 4.78 is 0. The van der Waals surface area contributed by atoms with Gasteiger partial charge in [-0.15, -0.1) is 0 Å². The Balaban J connectivity index is 2.94. The highest BCUT2D eigenvalue weighted by Crippen LogP contribution is 2.19. The van der Waals surface area contributed by atoms with Gasteiger partial charge < -0.3 is 5.11 Å². The highest BCUT2D eigenvalue weighted by molar-refractivity contribution is 5.29. The first-order valence-electron chi connectivity index (χ1n) is 4.41. The van der Waals surface area contributed by atoms with Crippen molar-refractivity contribution in [1.29, 1.82) is 5.26 Å². The van der Waals surface area contributed by atoms with Crippen LogP contribution in [0.4, 0.5) is 0 Å². The third-order valence-electron chi connectivity index (χ3n) is 2.10. The van der Waals surface area contributed by atoms with Gasteiger partial charge in [-0.2, -0.15) is 5.26 Å². The van der Waals surface area contributed by atoms with E-state index >= 15 is 0 Å². The van der Waals surface area contributed by atoms with Crippen LogP contribution in [0, 0.1) is 11.3 Å². The Hall–Kier alpha value is -1.33. The number of nitriles is 1. The number of hydrogen-bond donors (Lipinski definition) is 1. The molecule has 0 aliphatic heterocycles. The predicted molar refractivity (Wildman–Crippen MR) is 51.0 cm³/mol. The van der Waals surface area contributed by atoms with E-state index < -0.39 is 0 Å². The molecule has 0 radical (unpaired) electrons. The van der Waals surface area contributed by atoms with E-state index in [0.29, 0.717) is 0 Å². The van der Waals surface area contributed by atoms with Gasteiger partial charge in [0.2, 0.25) is 0 Å². The smallest absolute Gasteiger partial charge is 0.0710 e. The molecule has 0 saturated heterocycles. The molecule has 1 aromatic rings. The van der Waals surface area contributed by atoms with Gasteiger partial charge in [0.15, 0.2) is 0 Å². The molecule has 0 aliphatic rings. The molecule has 1 atom stereocenters. The first-order chi connectivity index (χ1) is 6.31. The summed E-state index contributed by atoms with van der Waals surface area (Å²) in [5.41, 5.74) is 1.86. The highest BCUT2D eigenvalue weighted by atomic mass is 16.3. The van der Waals surface area contributed by atoms with Crippen LogP contribution in [-0.2, 0) is 6.61 Å². The number of aliphatic hydroxyl groups is 1. The van der Waals surface area contributed by atoms with Crippen molar-refractivity contribution < 1.29 is 5.11 Å². The molecule has 1 unspecified atom stereocenters. The number of nitrogens with zero attached hydrogens (tertiary/aromatic N) is 1. The standard InChI is InChI=1S/C11H13NO/c1-2-10(7-12)11-5-3-4-9(6-11)8-13/h3-6,10,13H,2,8H2,1H3. The third-order valence-corrected chi connectivity index (χ3v) is 2.10. The number of rotatable bonds is 3. The van der Waals surface area contributed by atoms with Crippen molar-refractivity contribution >= 4 is 0 Å². The molecule has 2 heteroatoms. The molecule has 0 fully saturated rings. The quantitative estimate of drug-likeness (QED) is 0.765. The fourth-order valence-corrected chi connectivity index (χ4v) is 1.31. The van der Waals surface area contributed by atoms with Crippen molar-refractivity contribution in [3.8, 4) is 6.07 Å². The Labute approximate surface area is 78.4 Å². The summed E-state index contributed by atoms with van der Waals surface area (Å²) in [5, 5.41) is 17.7. The van der Waals surface area contributed by atoms with Crippen LogP contribution < -0.4 is 0 Å². The van der Waals surface area contributed by atoms with Crippen LogP contribution in [0.3, 0.4) is 0 Å². The Morgan fingerprint density at radius 1 is 1.54 bits per heavy atom. The van der Waals surface area contributed by atoms with Crippen molar-refractivity contribution in [1.82, 2.24) is 0 Å². The normalized spacial score (nSPS) is 12.1. The van der Waals surface area contributed by atoms with E-state index in [-0.39, 0.29) is 12.5 Å². The fourth-order valence-electron chi connectivity index (χ4n) is 1.31. The number of benzene rings is 1. The van der Waals surface area contributed by atoms with Gasteiger partial charge in [-0.05, 0) is 17.5 Å². The van der Waals surface area contributed by atoms with E-state index in [1.165, 1.54) is 0 Å². The van der Waals surface area contributed by atoms with Gasteiger partial charge in [-0.3, -0.25) is 0 Å². The van der Waals surface area contributed by atoms with Crippen LogP contribution in [0.5, 0.6) is 0 Å². The van der Waals surface area contributed by atoms with Crippen LogP contribution in [0.15, 0.2) is 24.3 Å². The largest absolute Gasteiger partial charge is 0.392 e. The lowest BCUT2D eigenvalue weighted by atomic mass is 9.97. The maximum atomic E-state index is 8.91. The van der Waals surface area contributed by atoms with Crippen LogP contribution in [0.2, 0.25) is 0 Å². The second-order valence-corrected chi connectivity index (χ2v) is 2.99. The van der Waals surface area contributed by atoms with E-state index in [1.54, 1.807) is 0 Å². The lowest BCUT2D eigenvalue weighted by Crippen LogP contribution is -1.94. The first-order valence-corrected chi connectivity index (χ1v) is 4.41. The summed E-state index contributed by atoms with van der Waals surface area (Å²) in [6.45, 7) is 2.02. The van der Waals surface area contributed by atoms with Gasteiger partial charge in [0, 0.05) is 0 Å². The zero-order chi connectivity index (χ0) is 9.68. The van der Waals surface area contributed by atoms with Crippen molar-refractivity contribution in [2.24, 2.45) is 0 Å². The molecule has 0 aromatic heterocycles. The van der Waals surface area contributed by atoms with E-state index in [2.05, 4.69) is 6.07 Å². The van der Waals surface area contributed by atoms with E-state index in [4.69, 9.17) is 10.4 Å². The highest BCUT2D eigenvalue weighted by Gasteiger charge is 2.07. The van der Waals surface area contributed by atoms with Crippen molar-refractivity contribution in [2.45, 2.75) is 25.9 Å². The van der Waals surface area contributed by atoms with Crippen LogP contribution in [-0.4, -0.2) is 5.11 Å². The maximum Gasteiger partial charge on any atom is 0.0710 e. The summed E-state index contributed by atoms with van der Waals surface area (Å²) in [6, 6.07) is 9.78. The van der Waals surface area contributed by atoms with Gasteiger partial charge in [0.25, 0.3) is 0 Å². The summed E-state index contributed by atoms with van der Waals surface area (Å²) in [7, 11) is 0. The van der Waals surface area contributed by atoms with E-state index in [0.717, 1.165) is 17.5 Å². The molecule has 0 amide bonds. The molecule has 1 rings (SSSR count). The minimum absolute atomic E-state index is 0.0374.